The number of halogens is 5. The highest BCUT2D eigenvalue weighted by Gasteiger charge is 2.31. The van der Waals surface area contributed by atoms with Crippen molar-refractivity contribution in [3.8, 4) is 16.9 Å². The molecule has 0 spiro atoms. The highest BCUT2D eigenvalue weighted by atomic mass is 19.4. The molecule has 1 fully saturated rings. The Morgan fingerprint density at radius 1 is 0.969 bits per heavy atom. The zero-order valence-corrected chi connectivity index (χ0v) is 18.7. The van der Waals surface area contributed by atoms with Gasteiger partial charge in [-0.1, -0.05) is 58.1 Å². The summed E-state index contributed by atoms with van der Waals surface area (Å²) in [6.45, 7) is 4.37. The van der Waals surface area contributed by atoms with Crippen molar-refractivity contribution >= 4 is 0 Å². The quantitative estimate of drug-likeness (QED) is 0.363. The molecule has 1 saturated carbocycles. The van der Waals surface area contributed by atoms with E-state index in [1.807, 2.05) is 0 Å². The molecule has 0 bridgehead atoms. The van der Waals surface area contributed by atoms with Gasteiger partial charge >= 0.3 is 6.36 Å². The molecule has 0 amide bonds. The van der Waals surface area contributed by atoms with Gasteiger partial charge < -0.3 is 4.74 Å². The Bertz CT molecular complexity index is 844. The second kappa shape index (κ2) is 10.7. The molecule has 0 saturated heterocycles. The molecule has 0 heterocycles. The number of benzene rings is 2. The lowest BCUT2D eigenvalue weighted by molar-refractivity contribution is -0.274. The number of rotatable bonds is 8. The van der Waals surface area contributed by atoms with Gasteiger partial charge in [0.1, 0.15) is 17.4 Å². The van der Waals surface area contributed by atoms with Gasteiger partial charge in [-0.25, -0.2) is 8.78 Å². The van der Waals surface area contributed by atoms with Crippen LogP contribution in [0.3, 0.4) is 0 Å². The van der Waals surface area contributed by atoms with E-state index in [0.29, 0.717) is 23.8 Å². The first-order chi connectivity index (χ1) is 15.2. The predicted octanol–water partition coefficient (Wildman–Crippen LogP) is 8.71. The SMILES string of the molecule is CCCCC1CCC(C(C)Cc2cc(F)c(-c3ccc(OC(F)(F)F)cc3)c(F)c2)CC1. The van der Waals surface area contributed by atoms with Crippen molar-refractivity contribution < 1.29 is 26.7 Å². The van der Waals surface area contributed by atoms with Crippen LogP contribution in [0.1, 0.15) is 64.4 Å². The minimum atomic E-state index is -4.81. The van der Waals surface area contributed by atoms with Crippen LogP contribution < -0.4 is 4.74 Å². The lowest BCUT2D eigenvalue weighted by Gasteiger charge is -2.32. The topological polar surface area (TPSA) is 9.23 Å². The largest absolute Gasteiger partial charge is 0.573 e. The Morgan fingerprint density at radius 3 is 2.09 bits per heavy atom. The maximum Gasteiger partial charge on any atom is 0.573 e. The lowest BCUT2D eigenvalue weighted by Crippen LogP contribution is -2.21. The van der Waals surface area contributed by atoms with Crippen molar-refractivity contribution in [3.05, 3.63) is 53.6 Å². The van der Waals surface area contributed by atoms with Crippen molar-refractivity contribution in [2.75, 3.05) is 0 Å². The summed E-state index contributed by atoms with van der Waals surface area (Å²) in [5, 5.41) is 0. The van der Waals surface area contributed by atoms with Crippen molar-refractivity contribution in [1.29, 1.82) is 0 Å². The van der Waals surface area contributed by atoms with E-state index in [2.05, 4.69) is 18.6 Å². The highest BCUT2D eigenvalue weighted by molar-refractivity contribution is 5.66. The van der Waals surface area contributed by atoms with Crippen molar-refractivity contribution in [1.82, 2.24) is 0 Å². The molecular formula is C26H31F5O. The van der Waals surface area contributed by atoms with Crippen LogP contribution in [-0.2, 0) is 6.42 Å². The molecule has 1 unspecified atom stereocenters. The van der Waals surface area contributed by atoms with E-state index in [-0.39, 0.29) is 11.1 Å². The van der Waals surface area contributed by atoms with Gasteiger partial charge in [-0.05, 0) is 72.4 Å². The molecule has 1 nitrogen and oxygen atoms in total. The zero-order valence-electron chi connectivity index (χ0n) is 18.7. The summed E-state index contributed by atoms with van der Waals surface area (Å²) < 4.78 is 70.3. The summed E-state index contributed by atoms with van der Waals surface area (Å²) in [6, 6.07) is 7.25. The lowest BCUT2D eigenvalue weighted by atomic mass is 9.73. The van der Waals surface area contributed by atoms with Gasteiger partial charge in [-0.2, -0.15) is 0 Å². The first-order valence-electron chi connectivity index (χ1n) is 11.5. The molecule has 176 valence electrons. The average Bonchev–Trinajstić information content (AvgIpc) is 2.72. The third-order valence-corrected chi connectivity index (χ3v) is 6.70. The number of ether oxygens (including phenoxy) is 1. The fraction of sp³-hybridized carbons (Fsp3) is 0.538. The van der Waals surface area contributed by atoms with Crippen LogP contribution in [0.2, 0.25) is 0 Å². The van der Waals surface area contributed by atoms with Crippen molar-refractivity contribution in [2.45, 2.75) is 71.6 Å². The molecule has 6 heteroatoms. The molecule has 0 radical (unpaired) electrons. The molecular weight excluding hydrogens is 423 g/mol. The maximum absolute atomic E-state index is 14.8. The molecule has 1 aliphatic carbocycles. The zero-order chi connectivity index (χ0) is 23.3. The average molecular weight is 455 g/mol. The molecule has 2 aromatic rings. The first kappa shape index (κ1) is 24.5. The van der Waals surface area contributed by atoms with Gasteiger partial charge in [0.25, 0.3) is 0 Å². The van der Waals surface area contributed by atoms with Crippen LogP contribution in [0.5, 0.6) is 5.75 Å². The molecule has 0 aromatic heterocycles. The van der Waals surface area contributed by atoms with E-state index in [9.17, 15) is 22.0 Å². The normalized spacial score (nSPS) is 20.2. The van der Waals surface area contributed by atoms with Gasteiger partial charge in [0.2, 0.25) is 0 Å². The van der Waals surface area contributed by atoms with E-state index in [0.717, 1.165) is 18.1 Å². The van der Waals surface area contributed by atoms with E-state index >= 15 is 0 Å². The maximum atomic E-state index is 14.8. The van der Waals surface area contributed by atoms with E-state index < -0.39 is 23.7 Å². The summed E-state index contributed by atoms with van der Waals surface area (Å²) in [5.41, 5.74) is 0.539. The Kier molecular flexibility index (Phi) is 8.18. The van der Waals surface area contributed by atoms with Crippen molar-refractivity contribution in [3.63, 3.8) is 0 Å². The summed E-state index contributed by atoms with van der Waals surface area (Å²) >= 11 is 0. The highest BCUT2D eigenvalue weighted by Crippen LogP contribution is 2.37. The second-order valence-electron chi connectivity index (χ2n) is 9.11. The first-order valence-corrected chi connectivity index (χ1v) is 11.5. The Hall–Kier alpha value is -2.11. The Balaban J connectivity index is 1.64. The van der Waals surface area contributed by atoms with Crippen molar-refractivity contribution in [2.24, 2.45) is 17.8 Å². The minimum absolute atomic E-state index is 0.166. The Morgan fingerprint density at radius 2 is 1.56 bits per heavy atom. The fourth-order valence-corrected chi connectivity index (χ4v) is 4.92. The monoisotopic (exact) mass is 454 g/mol. The Labute approximate surface area is 187 Å². The van der Waals surface area contributed by atoms with E-state index in [1.54, 1.807) is 0 Å². The van der Waals surface area contributed by atoms with Gasteiger partial charge in [-0.3, -0.25) is 0 Å². The number of unbranched alkanes of at least 4 members (excludes halogenated alkanes) is 1. The van der Waals surface area contributed by atoms with Crippen LogP contribution in [-0.4, -0.2) is 6.36 Å². The number of alkyl halides is 3. The smallest absolute Gasteiger partial charge is 0.406 e. The van der Waals surface area contributed by atoms with Crippen LogP contribution in [0.15, 0.2) is 36.4 Å². The van der Waals surface area contributed by atoms with Gasteiger partial charge in [-0.15, -0.1) is 13.2 Å². The second-order valence-corrected chi connectivity index (χ2v) is 9.11. The third-order valence-electron chi connectivity index (χ3n) is 6.70. The summed E-state index contributed by atoms with van der Waals surface area (Å²) in [7, 11) is 0. The van der Waals surface area contributed by atoms with Gasteiger partial charge in [0.05, 0.1) is 5.56 Å². The van der Waals surface area contributed by atoms with Crippen LogP contribution in [0.25, 0.3) is 11.1 Å². The standard InChI is InChI=1S/C26H31F5O/c1-3-4-5-18-6-8-20(9-7-18)17(2)14-19-15-23(27)25(24(28)16-19)21-10-12-22(13-11-21)32-26(29,30)31/h10-13,15-18,20H,3-9,14H2,1-2H3. The predicted molar refractivity (Wildman–Crippen MR) is 116 cm³/mol. The van der Waals surface area contributed by atoms with Gasteiger partial charge in [0.15, 0.2) is 0 Å². The molecule has 0 N–H and O–H groups in total. The van der Waals surface area contributed by atoms with Crippen LogP contribution in [0, 0.1) is 29.4 Å². The fourth-order valence-electron chi connectivity index (χ4n) is 4.92. The van der Waals surface area contributed by atoms with Gasteiger partial charge in [0, 0.05) is 0 Å². The molecule has 32 heavy (non-hydrogen) atoms. The summed E-state index contributed by atoms with van der Waals surface area (Å²) in [4.78, 5) is 0. The molecule has 1 atom stereocenters. The minimum Gasteiger partial charge on any atom is -0.406 e. The van der Waals surface area contributed by atoms with Crippen LogP contribution >= 0.6 is 0 Å². The molecule has 3 rings (SSSR count). The number of hydrogen-bond acceptors (Lipinski definition) is 1. The molecule has 0 aliphatic heterocycles. The van der Waals surface area contributed by atoms with E-state index in [4.69, 9.17) is 0 Å². The van der Waals surface area contributed by atoms with E-state index in [1.165, 1.54) is 69.2 Å². The van der Waals surface area contributed by atoms with Crippen LogP contribution in [0.4, 0.5) is 22.0 Å². The summed E-state index contributed by atoms with van der Waals surface area (Å²) in [5.74, 6) is -0.122. The molecule has 1 aliphatic rings. The number of hydrogen-bond donors (Lipinski definition) is 0. The summed E-state index contributed by atoms with van der Waals surface area (Å²) in [6.07, 6.45) is 4.44. The third kappa shape index (κ3) is 6.69. The molecule has 2 aromatic carbocycles.